The van der Waals surface area contributed by atoms with Crippen molar-refractivity contribution in [3.05, 3.63) is 28.8 Å². The lowest BCUT2D eigenvalue weighted by Gasteiger charge is -2.10. The molecule has 1 heterocycles. The summed E-state index contributed by atoms with van der Waals surface area (Å²) in [5.41, 5.74) is 5.87. The summed E-state index contributed by atoms with van der Waals surface area (Å²) >= 11 is 6.32. The zero-order chi connectivity index (χ0) is 10.1. The van der Waals surface area contributed by atoms with Crippen molar-refractivity contribution in [2.24, 2.45) is 0 Å². The van der Waals surface area contributed by atoms with Crippen LogP contribution in [0.1, 0.15) is 30.5 Å². The molecule has 0 nitrogen and oxygen atoms in total. The van der Waals surface area contributed by atoms with Crippen molar-refractivity contribution in [3.8, 4) is 0 Å². The Hall–Kier alpha value is -0.425. The summed E-state index contributed by atoms with van der Waals surface area (Å²) in [4.78, 5) is 0. The van der Waals surface area contributed by atoms with Crippen LogP contribution in [0.25, 0.3) is 0 Å². The molecule has 0 saturated carbocycles. The molecule has 0 saturated heterocycles. The molecule has 2 rings (SSSR count). The minimum absolute atomic E-state index is 0.269. The molecule has 0 radical (unpaired) electrons. The van der Waals surface area contributed by atoms with E-state index in [9.17, 15) is 0 Å². The van der Waals surface area contributed by atoms with E-state index in [0.717, 1.165) is 19.2 Å². The molecule has 14 heavy (non-hydrogen) atoms. The highest BCUT2D eigenvalue weighted by Crippen LogP contribution is 2.21. The SMILES string of the molecule is CCc1cc(CC)c2c(c1)CCB2Cl. The molecule has 0 spiro atoms. The maximum Gasteiger partial charge on any atom is 0.283 e. The van der Waals surface area contributed by atoms with Crippen LogP contribution in [-0.4, -0.2) is 6.13 Å². The molecule has 0 bridgehead atoms. The normalized spacial score (nSPS) is 14.6. The van der Waals surface area contributed by atoms with Gasteiger partial charge >= 0.3 is 0 Å². The van der Waals surface area contributed by atoms with Gasteiger partial charge in [0.2, 0.25) is 0 Å². The van der Waals surface area contributed by atoms with E-state index in [4.69, 9.17) is 11.5 Å². The van der Waals surface area contributed by atoms with E-state index in [2.05, 4.69) is 26.0 Å². The van der Waals surface area contributed by atoms with Gasteiger partial charge in [-0.2, -0.15) is 11.5 Å². The van der Waals surface area contributed by atoms with E-state index in [1.807, 2.05) is 0 Å². The number of rotatable bonds is 2. The van der Waals surface area contributed by atoms with Crippen molar-refractivity contribution in [1.82, 2.24) is 0 Å². The standard InChI is InChI=1S/C12H16BCl/c1-3-9-7-10(4-2)12-11(8-9)5-6-13(12)14/h7-8H,3-6H2,1-2H3. The lowest BCUT2D eigenvalue weighted by atomic mass is 9.67. The van der Waals surface area contributed by atoms with Gasteiger partial charge in [-0.3, -0.25) is 0 Å². The highest BCUT2D eigenvalue weighted by molar-refractivity contribution is 7.15. The van der Waals surface area contributed by atoms with E-state index in [1.54, 1.807) is 0 Å². The van der Waals surface area contributed by atoms with E-state index < -0.39 is 0 Å². The maximum atomic E-state index is 6.32. The molecule has 1 aliphatic rings. The molecule has 1 aromatic rings. The lowest BCUT2D eigenvalue weighted by Crippen LogP contribution is -2.24. The van der Waals surface area contributed by atoms with Crippen LogP contribution in [-0.2, 0) is 19.3 Å². The van der Waals surface area contributed by atoms with Gasteiger partial charge in [-0.05, 0) is 24.8 Å². The second-order valence-electron chi connectivity index (χ2n) is 4.04. The van der Waals surface area contributed by atoms with Crippen molar-refractivity contribution in [3.63, 3.8) is 0 Å². The van der Waals surface area contributed by atoms with Crippen molar-refractivity contribution < 1.29 is 0 Å². The van der Waals surface area contributed by atoms with Crippen molar-refractivity contribution in [1.29, 1.82) is 0 Å². The molecule has 0 fully saturated rings. The predicted molar refractivity (Wildman–Crippen MR) is 65.0 cm³/mol. The molecule has 74 valence electrons. The molecule has 0 N–H and O–H groups in total. The van der Waals surface area contributed by atoms with Gasteiger partial charge in [-0.1, -0.05) is 48.9 Å². The quantitative estimate of drug-likeness (QED) is 0.653. The van der Waals surface area contributed by atoms with Gasteiger partial charge in [0.25, 0.3) is 6.13 Å². The molecule has 2 heteroatoms. The third kappa shape index (κ3) is 1.59. The molecular weight excluding hydrogens is 190 g/mol. The Balaban J connectivity index is 2.52. The Labute approximate surface area is 91.7 Å². The summed E-state index contributed by atoms with van der Waals surface area (Å²) in [6, 6.07) is 4.68. The monoisotopic (exact) mass is 206 g/mol. The average molecular weight is 207 g/mol. The fraction of sp³-hybridized carbons (Fsp3) is 0.500. The molecule has 0 unspecified atom stereocenters. The number of hydrogen-bond acceptors (Lipinski definition) is 0. The van der Waals surface area contributed by atoms with Gasteiger partial charge in [0, 0.05) is 0 Å². The van der Waals surface area contributed by atoms with Crippen LogP contribution < -0.4 is 5.46 Å². The highest BCUT2D eigenvalue weighted by atomic mass is 35.5. The van der Waals surface area contributed by atoms with Gasteiger partial charge in [0.1, 0.15) is 0 Å². The molecular formula is C12H16BCl. The van der Waals surface area contributed by atoms with Gasteiger partial charge in [-0.15, -0.1) is 0 Å². The van der Waals surface area contributed by atoms with Gasteiger partial charge in [0.05, 0.1) is 0 Å². The van der Waals surface area contributed by atoms with Crippen LogP contribution in [0, 0.1) is 0 Å². The van der Waals surface area contributed by atoms with E-state index in [0.29, 0.717) is 0 Å². The third-order valence-corrected chi connectivity index (χ3v) is 3.62. The largest absolute Gasteiger partial charge is 0.283 e. The number of halogens is 1. The summed E-state index contributed by atoms with van der Waals surface area (Å²) in [5, 5.41) is 0. The number of hydrogen-bond donors (Lipinski definition) is 0. The molecule has 0 aromatic heterocycles. The van der Waals surface area contributed by atoms with E-state index in [-0.39, 0.29) is 6.13 Å². The highest BCUT2D eigenvalue weighted by Gasteiger charge is 2.26. The minimum Gasteiger partial charge on any atom is -0.189 e. The summed E-state index contributed by atoms with van der Waals surface area (Å²) in [5.74, 6) is 0. The summed E-state index contributed by atoms with van der Waals surface area (Å²) < 4.78 is 0. The van der Waals surface area contributed by atoms with E-state index in [1.165, 1.54) is 28.6 Å². The molecule has 0 atom stereocenters. The third-order valence-electron chi connectivity index (χ3n) is 3.18. The number of fused-ring (bicyclic) bond motifs is 1. The Morgan fingerprint density at radius 3 is 2.71 bits per heavy atom. The van der Waals surface area contributed by atoms with Crippen LogP contribution in [0.5, 0.6) is 0 Å². The van der Waals surface area contributed by atoms with Crippen LogP contribution in [0.15, 0.2) is 12.1 Å². The van der Waals surface area contributed by atoms with E-state index >= 15 is 0 Å². The fourth-order valence-electron chi connectivity index (χ4n) is 2.38. The summed E-state index contributed by atoms with van der Waals surface area (Å²) in [6.07, 6.45) is 4.81. The Kier molecular flexibility index (Phi) is 2.87. The first kappa shape index (κ1) is 10.1. The minimum atomic E-state index is 0.269. The second kappa shape index (κ2) is 3.98. The maximum absolute atomic E-state index is 6.32. The van der Waals surface area contributed by atoms with Gasteiger partial charge in [-0.25, -0.2) is 0 Å². The molecule has 1 aliphatic heterocycles. The topological polar surface area (TPSA) is 0 Å². The van der Waals surface area contributed by atoms with Crippen LogP contribution >= 0.6 is 11.5 Å². The van der Waals surface area contributed by atoms with Crippen molar-refractivity contribution in [2.75, 3.05) is 0 Å². The Morgan fingerprint density at radius 2 is 2.07 bits per heavy atom. The van der Waals surface area contributed by atoms with Crippen LogP contribution in [0.4, 0.5) is 0 Å². The lowest BCUT2D eigenvalue weighted by molar-refractivity contribution is 1.07. The molecule has 0 amide bonds. The van der Waals surface area contributed by atoms with Crippen LogP contribution in [0.2, 0.25) is 6.32 Å². The predicted octanol–water partition coefficient (Wildman–Crippen LogP) is 2.80. The smallest absolute Gasteiger partial charge is 0.189 e. The fourth-order valence-corrected chi connectivity index (χ4v) is 2.77. The summed E-state index contributed by atoms with van der Waals surface area (Å²) in [6.45, 7) is 4.44. The van der Waals surface area contributed by atoms with Crippen molar-refractivity contribution in [2.45, 2.75) is 39.4 Å². The Morgan fingerprint density at radius 1 is 1.29 bits per heavy atom. The first-order chi connectivity index (χ1) is 6.76. The van der Waals surface area contributed by atoms with Crippen LogP contribution in [0.3, 0.4) is 0 Å². The first-order valence-corrected chi connectivity index (χ1v) is 5.98. The van der Waals surface area contributed by atoms with Gasteiger partial charge < -0.3 is 0 Å². The molecule has 1 aromatic carbocycles. The first-order valence-electron chi connectivity index (χ1n) is 5.54. The second-order valence-corrected chi connectivity index (χ2v) is 4.57. The number of benzene rings is 1. The average Bonchev–Trinajstić information content (AvgIpc) is 2.59. The zero-order valence-corrected chi connectivity index (χ0v) is 9.69. The zero-order valence-electron chi connectivity index (χ0n) is 8.94. The van der Waals surface area contributed by atoms with Crippen molar-refractivity contribution >= 4 is 23.1 Å². The summed E-state index contributed by atoms with van der Waals surface area (Å²) in [7, 11) is 0. The Bertz CT molecular complexity index is 346. The van der Waals surface area contributed by atoms with Gasteiger partial charge in [0.15, 0.2) is 0 Å². The molecule has 0 aliphatic carbocycles. The number of aryl methyl sites for hydroxylation is 3.